The number of pyridine rings is 1. The fraction of sp³-hybridized carbons (Fsp3) is 0.133. The van der Waals surface area contributed by atoms with E-state index in [1.165, 1.54) is 5.56 Å². The smallest absolute Gasteiger partial charge is 0.144 e. The molecule has 2 heterocycles. The van der Waals surface area contributed by atoms with E-state index in [-0.39, 0.29) is 0 Å². The second kappa shape index (κ2) is 4.27. The molecule has 90 valence electrons. The second-order valence-corrected chi connectivity index (χ2v) is 4.41. The summed E-state index contributed by atoms with van der Waals surface area (Å²) in [6.07, 6.45) is 2.03. The van der Waals surface area contributed by atoms with Gasteiger partial charge in [0, 0.05) is 18.3 Å². The molecule has 0 amide bonds. The predicted molar refractivity (Wildman–Crippen MR) is 73.3 cm³/mol. The topological polar surface area (TPSA) is 43.3 Å². The third kappa shape index (κ3) is 1.69. The lowest BCUT2D eigenvalue weighted by atomic mass is 10.1. The largest absolute Gasteiger partial charge is 0.325 e. The summed E-state index contributed by atoms with van der Waals surface area (Å²) in [6.45, 7) is 2.54. The summed E-state index contributed by atoms with van der Waals surface area (Å²) in [4.78, 5) is 4.66. The van der Waals surface area contributed by atoms with Crippen molar-refractivity contribution in [1.82, 2.24) is 9.38 Å². The van der Waals surface area contributed by atoms with Crippen molar-refractivity contribution >= 4 is 5.52 Å². The lowest BCUT2D eigenvalue weighted by Crippen LogP contribution is -1.96. The van der Waals surface area contributed by atoms with Gasteiger partial charge in [-0.15, -0.1) is 0 Å². The number of nitrogens with two attached hydrogens (primary N) is 1. The molecule has 18 heavy (non-hydrogen) atoms. The molecule has 3 heteroatoms. The highest BCUT2D eigenvalue weighted by atomic mass is 15.0. The number of imidazole rings is 1. The van der Waals surface area contributed by atoms with Crippen LogP contribution in [0.4, 0.5) is 0 Å². The van der Waals surface area contributed by atoms with Gasteiger partial charge in [0.2, 0.25) is 0 Å². The molecule has 0 saturated heterocycles. The Morgan fingerprint density at radius 1 is 1.17 bits per heavy atom. The average Bonchev–Trinajstić information content (AvgIpc) is 2.77. The van der Waals surface area contributed by atoms with E-state index in [9.17, 15) is 0 Å². The van der Waals surface area contributed by atoms with Crippen LogP contribution in [-0.4, -0.2) is 9.38 Å². The van der Waals surface area contributed by atoms with Crippen molar-refractivity contribution in [1.29, 1.82) is 0 Å². The van der Waals surface area contributed by atoms with E-state index in [2.05, 4.69) is 46.6 Å². The van der Waals surface area contributed by atoms with Gasteiger partial charge in [-0.3, -0.25) is 4.40 Å². The Labute approximate surface area is 106 Å². The molecule has 0 saturated carbocycles. The number of hydrogen-bond donors (Lipinski definition) is 1. The van der Waals surface area contributed by atoms with Gasteiger partial charge in [0.1, 0.15) is 5.82 Å². The maximum atomic E-state index is 5.76. The van der Waals surface area contributed by atoms with Crippen molar-refractivity contribution in [3.8, 4) is 11.4 Å². The molecule has 0 bridgehead atoms. The molecule has 0 fully saturated rings. The van der Waals surface area contributed by atoms with Crippen molar-refractivity contribution in [3.05, 3.63) is 59.9 Å². The molecule has 3 aromatic rings. The van der Waals surface area contributed by atoms with E-state index in [4.69, 9.17) is 5.73 Å². The monoisotopic (exact) mass is 237 g/mol. The molecule has 3 rings (SSSR count). The zero-order valence-electron chi connectivity index (χ0n) is 10.3. The fourth-order valence-corrected chi connectivity index (χ4v) is 2.24. The summed E-state index contributed by atoms with van der Waals surface area (Å²) in [7, 11) is 0. The first kappa shape index (κ1) is 11.0. The number of benzene rings is 1. The van der Waals surface area contributed by atoms with Crippen LogP contribution >= 0.6 is 0 Å². The van der Waals surface area contributed by atoms with Crippen molar-refractivity contribution in [2.75, 3.05) is 0 Å². The molecule has 2 N–H and O–H groups in total. The lowest BCUT2D eigenvalue weighted by Gasteiger charge is -2.01. The van der Waals surface area contributed by atoms with Crippen LogP contribution in [-0.2, 0) is 6.54 Å². The number of aryl methyl sites for hydroxylation is 1. The van der Waals surface area contributed by atoms with Crippen molar-refractivity contribution in [2.24, 2.45) is 5.73 Å². The third-order valence-corrected chi connectivity index (χ3v) is 3.09. The van der Waals surface area contributed by atoms with Crippen LogP contribution in [0.25, 0.3) is 16.9 Å². The minimum atomic E-state index is 0.458. The van der Waals surface area contributed by atoms with Crippen LogP contribution < -0.4 is 5.73 Å². The van der Waals surface area contributed by atoms with Gasteiger partial charge in [-0.2, -0.15) is 0 Å². The normalized spacial score (nSPS) is 11.0. The standard InChI is InChI=1S/C15H15N3/c1-11-5-4-6-12(9-11)15-17-13(10-16)14-7-2-3-8-18(14)15/h2-9H,10,16H2,1H3. The van der Waals surface area contributed by atoms with Gasteiger partial charge in [0.05, 0.1) is 11.2 Å². The first-order valence-electron chi connectivity index (χ1n) is 6.02. The average molecular weight is 237 g/mol. The van der Waals surface area contributed by atoms with Gasteiger partial charge >= 0.3 is 0 Å². The van der Waals surface area contributed by atoms with Gasteiger partial charge in [-0.25, -0.2) is 4.98 Å². The van der Waals surface area contributed by atoms with E-state index in [1.54, 1.807) is 0 Å². The molecule has 0 aliphatic rings. The Balaban J connectivity index is 2.29. The Hall–Kier alpha value is -2.13. The Bertz CT molecular complexity index is 698. The minimum absolute atomic E-state index is 0.458. The van der Waals surface area contributed by atoms with Crippen LogP contribution in [0.3, 0.4) is 0 Å². The zero-order chi connectivity index (χ0) is 12.5. The summed E-state index contributed by atoms with van der Waals surface area (Å²) in [5.74, 6) is 0.953. The maximum absolute atomic E-state index is 5.76. The Kier molecular flexibility index (Phi) is 2.61. The van der Waals surface area contributed by atoms with Crippen LogP contribution in [0.5, 0.6) is 0 Å². The van der Waals surface area contributed by atoms with Gasteiger partial charge in [0.25, 0.3) is 0 Å². The SMILES string of the molecule is Cc1cccc(-c2nc(CN)c3ccccn23)c1. The van der Waals surface area contributed by atoms with Crippen LogP contribution in [0.1, 0.15) is 11.3 Å². The molecule has 0 aliphatic carbocycles. The third-order valence-electron chi connectivity index (χ3n) is 3.09. The van der Waals surface area contributed by atoms with Gasteiger partial charge in [-0.1, -0.05) is 29.8 Å². The Morgan fingerprint density at radius 2 is 2.06 bits per heavy atom. The van der Waals surface area contributed by atoms with E-state index >= 15 is 0 Å². The van der Waals surface area contributed by atoms with Gasteiger partial charge in [-0.05, 0) is 25.1 Å². The summed E-state index contributed by atoms with van der Waals surface area (Å²) in [5, 5.41) is 0. The van der Waals surface area contributed by atoms with Crippen molar-refractivity contribution in [2.45, 2.75) is 13.5 Å². The summed E-state index contributed by atoms with van der Waals surface area (Å²) >= 11 is 0. The van der Waals surface area contributed by atoms with Crippen molar-refractivity contribution < 1.29 is 0 Å². The quantitative estimate of drug-likeness (QED) is 0.744. The van der Waals surface area contributed by atoms with E-state index < -0.39 is 0 Å². The molecule has 2 aromatic heterocycles. The highest BCUT2D eigenvalue weighted by Crippen LogP contribution is 2.23. The number of hydrogen-bond acceptors (Lipinski definition) is 2. The van der Waals surface area contributed by atoms with Gasteiger partial charge < -0.3 is 5.73 Å². The van der Waals surface area contributed by atoms with Crippen LogP contribution in [0, 0.1) is 6.92 Å². The summed E-state index contributed by atoms with van der Waals surface area (Å²) in [5.41, 5.74) is 10.1. The number of nitrogens with zero attached hydrogens (tertiary/aromatic N) is 2. The highest BCUT2D eigenvalue weighted by Gasteiger charge is 2.10. The minimum Gasteiger partial charge on any atom is -0.325 e. The lowest BCUT2D eigenvalue weighted by molar-refractivity contribution is 1.02. The molecular formula is C15H15N3. The Morgan fingerprint density at radius 3 is 2.83 bits per heavy atom. The molecule has 0 aliphatic heterocycles. The van der Waals surface area contributed by atoms with Crippen molar-refractivity contribution in [3.63, 3.8) is 0 Å². The van der Waals surface area contributed by atoms with Crippen LogP contribution in [0.15, 0.2) is 48.7 Å². The van der Waals surface area contributed by atoms with Crippen LogP contribution in [0.2, 0.25) is 0 Å². The number of aromatic nitrogens is 2. The van der Waals surface area contributed by atoms with Gasteiger partial charge in [0.15, 0.2) is 0 Å². The molecule has 0 atom stereocenters. The molecule has 0 spiro atoms. The molecule has 0 radical (unpaired) electrons. The number of fused-ring (bicyclic) bond motifs is 1. The second-order valence-electron chi connectivity index (χ2n) is 4.41. The van der Waals surface area contributed by atoms with E-state index in [1.807, 2.05) is 18.3 Å². The molecule has 1 aromatic carbocycles. The zero-order valence-corrected chi connectivity index (χ0v) is 10.3. The fourth-order valence-electron chi connectivity index (χ4n) is 2.24. The van der Waals surface area contributed by atoms with E-state index in [0.717, 1.165) is 22.6 Å². The maximum Gasteiger partial charge on any atom is 0.144 e. The highest BCUT2D eigenvalue weighted by molar-refractivity contribution is 5.65. The predicted octanol–water partition coefficient (Wildman–Crippen LogP) is 2.77. The number of rotatable bonds is 2. The molecule has 3 nitrogen and oxygen atoms in total. The molecular weight excluding hydrogens is 222 g/mol. The van der Waals surface area contributed by atoms with E-state index in [0.29, 0.717) is 6.54 Å². The summed E-state index contributed by atoms with van der Waals surface area (Å²) < 4.78 is 2.09. The molecule has 0 unspecified atom stereocenters. The first-order valence-corrected chi connectivity index (χ1v) is 6.02. The first-order chi connectivity index (χ1) is 8.79. The summed E-state index contributed by atoms with van der Waals surface area (Å²) in [6, 6.07) is 14.4.